The minimum atomic E-state index is -4.73. The fourth-order valence-electron chi connectivity index (χ4n) is 3.28. The van der Waals surface area contributed by atoms with E-state index in [1.54, 1.807) is 17.0 Å². The van der Waals surface area contributed by atoms with E-state index in [9.17, 15) is 18.0 Å². The standard InChI is InChI=1S/C16H19F3N2O2/c17-16(18,19)23-14-4-2-1-3-11(14)12-7-13(12)15(22)21-6-5-10(8-20)9-21/h1-4,10,12-13H,5-9,20H2/t10-,12-,13-/m0/s1. The van der Waals surface area contributed by atoms with Gasteiger partial charge < -0.3 is 15.4 Å². The first-order valence-corrected chi connectivity index (χ1v) is 7.72. The Morgan fingerprint density at radius 2 is 2.09 bits per heavy atom. The summed E-state index contributed by atoms with van der Waals surface area (Å²) in [4.78, 5) is 14.3. The molecule has 1 aromatic rings. The van der Waals surface area contributed by atoms with Gasteiger partial charge in [-0.15, -0.1) is 13.2 Å². The second-order valence-corrected chi connectivity index (χ2v) is 6.21. The quantitative estimate of drug-likeness (QED) is 0.924. The summed E-state index contributed by atoms with van der Waals surface area (Å²) in [7, 11) is 0. The maximum atomic E-state index is 12.5. The van der Waals surface area contributed by atoms with Crippen LogP contribution in [0.5, 0.6) is 5.75 Å². The van der Waals surface area contributed by atoms with E-state index in [0.29, 0.717) is 37.5 Å². The van der Waals surface area contributed by atoms with Crippen LogP contribution in [0.3, 0.4) is 0 Å². The number of hydrogen-bond acceptors (Lipinski definition) is 3. The van der Waals surface area contributed by atoms with E-state index in [-0.39, 0.29) is 23.5 Å². The molecule has 4 nitrogen and oxygen atoms in total. The Hall–Kier alpha value is -1.76. The van der Waals surface area contributed by atoms with Gasteiger partial charge in [0.25, 0.3) is 0 Å². The van der Waals surface area contributed by atoms with E-state index >= 15 is 0 Å². The third-order valence-corrected chi connectivity index (χ3v) is 4.58. The molecule has 2 aliphatic rings. The first-order valence-electron chi connectivity index (χ1n) is 7.72. The van der Waals surface area contributed by atoms with E-state index in [2.05, 4.69) is 4.74 Å². The summed E-state index contributed by atoms with van der Waals surface area (Å²) in [6, 6.07) is 6.06. The number of ether oxygens (including phenoxy) is 1. The van der Waals surface area contributed by atoms with Gasteiger partial charge in [0, 0.05) is 19.0 Å². The zero-order chi connectivity index (χ0) is 16.6. The van der Waals surface area contributed by atoms with E-state index in [1.807, 2.05) is 0 Å². The summed E-state index contributed by atoms with van der Waals surface area (Å²) < 4.78 is 41.5. The van der Waals surface area contributed by atoms with Crippen LogP contribution in [0, 0.1) is 11.8 Å². The van der Waals surface area contributed by atoms with Crippen molar-refractivity contribution in [1.82, 2.24) is 4.90 Å². The molecule has 2 fully saturated rings. The van der Waals surface area contributed by atoms with Crippen LogP contribution >= 0.6 is 0 Å². The van der Waals surface area contributed by atoms with Crippen LogP contribution in [-0.2, 0) is 4.79 Å². The lowest BCUT2D eigenvalue weighted by molar-refractivity contribution is -0.274. The van der Waals surface area contributed by atoms with Crippen molar-refractivity contribution in [2.75, 3.05) is 19.6 Å². The van der Waals surface area contributed by atoms with Gasteiger partial charge in [0.15, 0.2) is 0 Å². The molecule has 1 aromatic carbocycles. The SMILES string of the molecule is NC[C@@H]1CCN(C(=O)[C@H]2C[C@H]2c2ccccc2OC(F)(F)F)C1. The molecule has 1 amide bonds. The highest BCUT2D eigenvalue weighted by atomic mass is 19.4. The number of nitrogens with two attached hydrogens (primary N) is 1. The molecule has 0 bridgehead atoms. The molecule has 7 heteroatoms. The average Bonchev–Trinajstić information content (AvgIpc) is 3.13. The van der Waals surface area contributed by atoms with Crippen LogP contribution in [0.15, 0.2) is 24.3 Å². The number of halogens is 3. The summed E-state index contributed by atoms with van der Waals surface area (Å²) >= 11 is 0. The van der Waals surface area contributed by atoms with Crippen molar-refractivity contribution >= 4 is 5.91 Å². The lowest BCUT2D eigenvalue weighted by atomic mass is 10.1. The van der Waals surface area contributed by atoms with Gasteiger partial charge in [-0.1, -0.05) is 18.2 Å². The number of likely N-dealkylation sites (tertiary alicyclic amines) is 1. The zero-order valence-corrected chi connectivity index (χ0v) is 12.6. The lowest BCUT2D eigenvalue weighted by Gasteiger charge is -2.17. The Labute approximate surface area is 132 Å². The van der Waals surface area contributed by atoms with Crippen molar-refractivity contribution in [3.05, 3.63) is 29.8 Å². The van der Waals surface area contributed by atoms with E-state index in [0.717, 1.165) is 6.42 Å². The molecule has 3 atom stereocenters. The summed E-state index contributed by atoms with van der Waals surface area (Å²) in [6.45, 7) is 1.89. The molecule has 1 saturated heterocycles. The predicted octanol–water partition coefficient (Wildman–Crippen LogP) is 2.50. The number of nitrogens with zero attached hydrogens (tertiary/aromatic N) is 1. The number of amides is 1. The predicted molar refractivity (Wildman–Crippen MR) is 77.7 cm³/mol. The highest BCUT2D eigenvalue weighted by Gasteiger charge is 2.48. The second kappa shape index (κ2) is 6.03. The molecule has 0 aromatic heterocycles. The van der Waals surface area contributed by atoms with Gasteiger partial charge in [-0.05, 0) is 42.9 Å². The third kappa shape index (κ3) is 3.60. The summed E-state index contributed by atoms with van der Waals surface area (Å²) in [5.74, 6) is -0.297. The first kappa shape index (κ1) is 16.1. The van der Waals surface area contributed by atoms with Crippen molar-refractivity contribution in [2.45, 2.75) is 25.1 Å². The van der Waals surface area contributed by atoms with Crippen LogP contribution in [0.1, 0.15) is 24.3 Å². The molecule has 3 rings (SSSR count). The molecule has 1 heterocycles. The van der Waals surface area contributed by atoms with Gasteiger partial charge in [0.05, 0.1) is 0 Å². The van der Waals surface area contributed by atoms with Gasteiger partial charge in [-0.25, -0.2) is 0 Å². The van der Waals surface area contributed by atoms with Crippen LogP contribution in [0.2, 0.25) is 0 Å². The smallest absolute Gasteiger partial charge is 0.405 e. The summed E-state index contributed by atoms with van der Waals surface area (Å²) in [6.07, 6.45) is -3.26. The number of benzene rings is 1. The third-order valence-electron chi connectivity index (χ3n) is 4.58. The zero-order valence-electron chi connectivity index (χ0n) is 12.6. The fraction of sp³-hybridized carbons (Fsp3) is 0.562. The van der Waals surface area contributed by atoms with Gasteiger partial charge in [-0.3, -0.25) is 4.79 Å². The van der Waals surface area contributed by atoms with E-state index < -0.39 is 6.36 Å². The van der Waals surface area contributed by atoms with Gasteiger partial charge in [0.2, 0.25) is 5.91 Å². The molecule has 1 aliphatic carbocycles. The van der Waals surface area contributed by atoms with Gasteiger partial charge >= 0.3 is 6.36 Å². The maximum Gasteiger partial charge on any atom is 0.573 e. The molecule has 1 aliphatic heterocycles. The van der Waals surface area contributed by atoms with Crippen molar-refractivity contribution in [3.63, 3.8) is 0 Å². The second-order valence-electron chi connectivity index (χ2n) is 6.21. The van der Waals surface area contributed by atoms with Crippen molar-refractivity contribution in [3.8, 4) is 5.75 Å². The summed E-state index contributed by atoms with van der Waals surface area (Å²) in [5, 5.41) is 0. The molecule has 0 spiro atoms. The number of carbonyl (C=O) groups excluding carboxylic acids is 1. The van der Waals surface area contributed by atoms with Gasteiger partial charge in [-0.2, -0.15) is 0 Å². The molecular formula is C16H19F3N2O2. The number of hydrogen-bond donors (Lipinski definition) is 1. The summed E-state index contributed by atoms with van der Waals surface area (Å²) in [5.41, 5.74) is 6.08. The van der Waals surface area contributed by atoms with Crippen molar-refractivity contribution < 1.29 is 22.7 Å². The normalized spacial score (nSPS) is 27.1. The molecule has 0 radical (unpaired) electrons. The number of para-hydroxylation sites is 1. The topological polar surface area (TPSA) is 55.6 Å². The monoisotopic (exact) mass is 328 g/mol. The van der Waals surface area contributed by atoms with E-state index in [1.165, 1.54) is 12.1 Å². The number of carbonyl (C=O) groups is 1. The molecule has 23 heavy (non-hydrogen) atoms. The molecule has 1 saturated carbocycles. The number of rotatable bonds is 4. The van der Waals surface area contributed by atoms with Crippen LogP contribution in [0.25, 0.3) is 0 Å². The van der Waals surface area contributed by atoms with Crippen molar-refractivity contribution in [1.29, 1.82) is 0 Å². The van der Waals surface area contributed by atoms with Gasteiger partial charge in [0.1, 0.15) is 5.75 Å². The average molecular weight is 328 g/mol. The Balaban J connectivity index is 1.68. The molecule has 126 valence electrons. The minimum Gasteiger partial charge on any atom is -0.405 e. The Bertz CT molecular complexity index is 591. The highest BCUT2D eigenvalue weighted by Crippen LogP contribution is 2.52. The lowest BCUT2D eigenvalue weighted by Crippen LogP contribution is -2.31. The maximum absolute atomic E-state index is 12.5. The fourth-order valence-corrected chi connectivity index (χ4v) is 3.28. The minimum absolute atomic E-state index is 0.0211. The molecule has 2 N–H and O–H groups in total. The molecular weight excluding hydrogens is 309 g/mol. The highest BCUT2D eigenvalue weighted by molar-refractivity contribution is 5.83. The van der Waals surface area contributed by atoms with Crippen LogP contribution in [0.4, 0.5) is 13.2 Å². The molecule has 0 unspecified atom stereocenters. The van der Waals surface area contributed by atoms with Crippen LogP contribution < -0.4 is 10.5 Å². The Kier molecular flexibility index (Phi) is 4.23. The largest absolute Gasteiger partial charge is 0.573 e. The van der Waals surface area contributed by atoms with Crippen LogP contribution in [-0.4, -0.2) is 36.8 Å². The Morgan fingerprint density at radius 1 is 1.35 bits per heavy atom. The van der Waals surface area contributed by atoms with E-state index in [4.69, 9.17) is 5.73 Å². The Morgan fingerprint density at radius 3 is 2.74 bits per heavy atom. The first-order chi connectivity index (χ1) is 10.9. The number of alkyl halides is 3. The van der Waals surface area contributed by atoms with Crippen molar-refractivity contribution in [2.24, 2.45) is 17.6 Å².